The predicted octanol–water partition coefficient (Wildman–Crippen LogP) is 1.95. The zero-order chi connectivity index (χ0) is 17.7. The number of hydrogen-bond acceptors (Lipinski definition) is 4. The molecule has 2 N–H and O–H groups in total. The first-order valence-electron chi connectivity index (χ1n) is 7.36. The van der Waals surface area contributed by atoms with Gasteiger partial charge in [-0.25, -0.2) is 14.0 Å². The molecule has 0 aromatic heterocycles. The summed E-state index contributed by atoms with van der Waals surface area (Å²) in [6.07, 6.45) is -1.95. The Balaban J connectivity index is 1.95. The van der Waals surface area contributed by atoms with E-state index in [1.165, 1.54) is 24.1 Å². The Morgan fingerprint density at radius 3 is 2.62 bits per heavy atom. The average Bonchev–Trinajstić information content (AvgIpc) is 2.55. The van der Waals surface area contributed by atoms with Gasteiger partial charge >= 0.3 is 12.2 Å². The third kappa shape index (κ3) is 4.18. The molecule has 0 saturated carbocycles. The lowest BCUT2D eigenvalue weighted by Crippen LogP contribution is -2.56. The molecule has 1 aliphatic heterocycles. The molecule has 9 heteroatoms. The molecule has 0 spiro atoms. The summed E-state index contributed by atoms with van der Waals surface area (Å²) < 4.78 is 24.0. The first-order chi connectivity index (χ1) is 11.4. The second kappa shape index (κ2) is 7.71. The Hall–Kier alpha value is -2.71. The van der Waals surface area contributed by atoms with Gasteiger partial charge in [0.1, 0.15) is 5.75 Å². The number of nitrogens with zero attached hydrogens (tertiary/aromatic N) is 2. The van der Waals surface area contributed by atoms with Gasteiger partial charge in [0.25, 0.3) is 0 Å². The van der Waals surface area contributed by atoms with E-state index < -0.39 is 24.0 Å². The Labute approximate surface area is 138 Å². The lowest BCUT2D eigenvalue weighted by molar-refractivity contribution is 0.0560. The summed E-state index contributed by atoms with van der Waals surface area (Å²) >= 11 is 0. The number of carbonyl (C=O) groups is 2. The first-order valence-corrected chi connectivity index (χ1v) is 7.36. The Bertz CT molecular complexity index is 612. The van der Waals surface area contributed by atoms with Crippen LogP contribution in [0.4, 0.5) is 14.0 Å². The lowest BCUT2D eigenvalue weighted by atomic mass is 10.1. The summed E-state index contributed by atoms with van der Waals surface area (Å²) in [6.45, 7) is 0.358. The summed E-state index contributed by atoms with van der Waals surface area (Å²) in [5.74, 6) is -0.190. The van der Waals surface area contributed by atoms with Crippen LogP contribution < -0.4 is 9.47 Å². The van der Waals surface area contributed by atoms with Crippen molar-refractivity contribution in [2.45, 2.75) is 12.5 Å². The molecule has 1 atom stereocenters. The Morgan fingerprint density at radius 2 is 2.04 bits per heavy atom. The molecule has 24 heavy (non-hydrogen) atoms. The maximum Gasteiger partial charge on any atom is 0.407 e. The SMILES string of the molecule is COc1ccc(OCC[C@@H]2CN(C(=O)O)CCN2C(=O)O)c(F)c1. The largest absolute Gasteiger partial charge is 0.497 e. The molecule has 1 heterocycles. The third-order valence-corrected chi connectivity index (χ3v) is 3.85. The topological polar surface area (TPSA) is 99.5 Å². The number of carboxylic acid groups (broad SMARTS) is 2. The molecule has 2 amide bonds. The van der Waals surface area contributed by atoms with E-state index in [4.69, 9.17) is 14.6 Å². The standard InChI is InChI=1S/C15H19FN2O6/c1-23-11-2-3-13(12(16)8-11)24-7-4-10-9-17(14(19)20)5-6-18(10)15(21)22/h2-3,8,10H,4-7,9H2,1H3,(H,19,20)(H,21,22)/t10-/m1/s1. The predicted molar refractivity (Wildman–Crippen MR) is 81.2 cm³/mol. The van der Waals surface area contributed by atoms with Crippen molar-refractivity contribution in [3.63, 3.8) is 0 Å². The number of rotatable bonds is 5. The summed E-state index contributed by atoms with van der Waals surface area (Å²) in [7, 11) is 1.42. The molecule has 1 fully saturated rings. The second-order valence-electron chi connectivity index (χ2n) is 5.29. The maximum absolute atomic E-state index is 13.8. The average molecular weight is 342 g/mol. The molecule has 8 nitrogen and oxygen atoms in total. The van der Waals surface area contributed by atoms with E-state index in [0.29, 0.717) is 5.75 Å². The van der Waals surface area contributed by atoms with Crippen molar-refractivity contribution in [1.82, 2.24) is 9.80 Å². The van der Waals surface area contributed by atoms with Crippen molar-refractivity contribution in [3.8, 4) is 11.5 Å². The van der Waals surface area contributed by atoms with Crippen LogP contribution >= 0.6 is 0 Å². The van der Waals surface area contributed by atoms with E-state index in [0.717, 1.165) is 4.90 Å². The zero-order valence-electron chi connectivity index (χ0n) is 13.1. The highest BCUT2D eigenvalue weighted by Crippen LogP contribution is 2.23. The van der Waals surface area contributed by atoms with Crippen molar-refractivity contribution >= 4 is 12.2 Å². The van der Waals surface area contributed by atoms with Gasteiger partial charge in [-0.3, -0.25) is 0 Å². The molecule has 1 aromatic rings. The van der Waals surface area contributed by atoms with Gasteiger partial charge < -0.3 is 29.5 Å². The van der Waals surface area contributed by atoms with E-state index in [1.54, 1.807) is 6.07 Å². The number of benzene rings is 1. The molecule has 0 aliphatic carbocycles. The van der Waals surface area contributed by atoms with Crippen LogP contribution in [0.2, 0.25) is 0 Å². The molecule has 0 bridgehead atoms. The van der Waals surface area contributed by atoms with Crippen LogP contribution in [0, 0.1) is 5.82 Å². The number of amides is 2. The number of methoxy groups -OCH3 is 1. The molecule has 0 unspecified atom stereocenters. The fourth-order valence-electron chi connectivity index (χ4n) is 2.56. The van der Waals surface area contributed by atoms with E-state index in [2.05, 4.69) is 0 Å². The van der Waals surface area contributed by atoms with Crippen LogP contribution in [0.1, 0.15) is 6.42 Å². The van der Waals surface area contributed by atoms with E-state index >= 15 is 0 Å². The quantitative estimate of drug-likeness (QED) is 0.848. The summed E-state index contributed by atoms with van der Waals surface area (Å²) in [6, 6.07) is 3.63. The van der Waals surface area contributed by atoms with Gasteiger partial charge in [0, 0.05) is 32.1 Å². The van der Waals surface area contributed by atoms with E-state index in [1.807, 2.05) is 0 Å². The monoisotopic (exact) mass is 342 g/mol. The van der Waals surface area contributed by atoms with Gasteiger partial charge in [-0.1, -0.05) is 0 Å². The molecule has 1 aliphatic rings. The molecular weight excluding hydrogens is 323 g/mol. The molecule has 1 saturated heterocycles. The molecule has 132 valence electrons. The second-order valence-corrected chi connectivity index (χ2v) is 5.29. The van der Waals surface area contributed by atoms with Crippen LogP contribution in [0.25, 0.3) is 0 Å². The Kier molecular flexibility index (Phi) is 5.67. The van der Waals surface area contributed by atoms with Gasteiger partial charge in [0.2, 0.25) is 0 Å². The summed E-state index contributed by atoms with van der Waals surface area (Å²) in [5.41, 5.74) is 0. The lowest BCUT2D eigenvalue weighted by Gasteiger charge is -2.38. The number of halogens is 1. The van der Waals surface area contributed by atoms with Crippen LogP contribution in [-0.4, -0.2) is 71.6 Å². The number of ether oxygens (including phenoxy) is 2. The maximum atomic E-state index is 13.8. The molecule has 2 rings (SSSR count). The van der Waals surface area contributed by atoms with Crippen molar-refractivity contribution in [2.24, 2.45) is 0 Å². The van der Waals surface area contributed by atoms with Crippen LogP contribution in [-0.2, 0) is 0 Å². The molecular formula is C15H19FN2O6. The summed E-state index contributed by atoms with van der Waals surface area (Å²) in [5, 5.41) is 18.2. The minimum Gasteiger partial charge on any atom is -0.497 e. The van der Waals surface area contributed by atoms with Gasteiger partial charge in [0.15, 0.2) is 11.6 Å². The number of hydrogen-bond donors (Lipinski definition) is 2. The van der Waals surface area contributed by atoms with Crippen LogP contribution in [0.15, 0.2) is 18.2 Å². The summed E-state index contributed by atoms with van der Waals surface area (Å²) in [4.78, 5) is 24.6. The van der Waals surface area contributed by atoms with Crippen molar-refractivity contribution in [3.05, 3.63) is 24.0 Å². The smallest absolute Gasteiger partial charge is 0.407 e. The van der Waals surface area contributed by atoms with Gasteiger partial charge in [-0.05, 0) is 12.1 Å². The van der Waals surface area contributed by atoms with Gasteiger partial charge in [-0.2, -0.15) is 0 Å². The third-order valence-electron chi connectivity index (χ3n) is 3.85. The first kappa shape index (κ1) is 17.6. The highest BCUT2D eigenvalue weighted by atomic mass is 19.1. The highest BCUT2D eigenvalue weighted by molar-refractivity contribution is 5.68. The van der Waals surface area contributed by atoms with E-state index in [-0.39, 0.29) is 38.4 Å². The van der Waals surface area contributed by atoms with Crippen LogP contribution in [0.3, 0.4) is 0 Å². The van der Waals surface area contributed by atoms with Crippen molar-refractivity contribution in [2.75, 3.05) is 33.4 Å². The zero-order valence-corrected chi connectivity index (χ0v) is 13.1. The number of piperazine rings is 1. The van der Waals surface area contributed by atoms with Crippen molar-refractivity contribution < 1.29 is 33.7 Å². The normalized spacial score (nSPS) is 17.5. The highest BCUT2D eigenvalue weighted by Gasteiger charge is 2.32. The minimum absolute atomic E-state index is 0.0311. The van der Waals surface area contributed by atoms with E-state index in [9.17, 15) is 19.1 Å². The van der Waals surface area contributed by atoms with Gasteiger partial charge in [0.05, 0.1) is 19.8 Å². The van der Waals surface area contributed by atoms with Crippen LogP contribution in [0.5, 0.6) is 11.5 Å². The molecule has 0 radical (unpaired) electrons. The molecule has 1 aromatic carbocycles. The van der Waals surface area contributed by atoms with Crippen molar-refractivity contribution in [1.29, 1.82) is 0 Å². The minimum atomic E-state index is -1.11. The fourth-order valence-corrected chi connectivity index (χ4v) is 2.56. The van der Waals surface area contributed by atoms with Gasteiger partial charge in [-0.15, -0.1) is 0 Å². The Morgan fingerprint density at radius 1 is 1.29 bits per heavy atom. The fraction of sp³-hybridized carbons (Fsp3) is 0.467.